The van der Waals surface area contributed by atoms with Gasteiger partial charge in [0.05, 0.1) is 11.2 Å². The number of aromatic hydroxyl groups is 1. The standard InChI is InChI=1S/C16H14ClN3O/c1-2-20-14-9-4-3-8-13(14)15(16(20)21)19-18-12-7-5-6-11(17)10-12/h3-10,21H,2H2,1H3. The molecule has 3 aromatic rings. The molecule has 106 valence electrons. The van der Waals surface area contributed by atoms with Gasteiger partial charge in [0.1, 0.15) is 0 Å². The molecule has 0 aliphatic carbocycles. The van der Waals surface area contributed by atoms with Gasteiger partial charge in [0.15, 0.2) is 5.69 Å². The first-order valence-corrected chi connectivity index (χ1v) is 7.06. The lowest BCUT2D eigenvalue weighted by Gasteiger charge is -2.00. The third kappa shape index (κ3) is 2.50. The topological polar surface area (TPSA) is 49.9 Å². The van der Waals surface area contributed by atoms with E-state index in [0.29, 0.717) is 22.9 Å². The van der Waals surface area contributed by atoms with Crippen LogP contribution in [0.25, 0.3) is 10.9 Å². The largest absolute Gasteiger partial charge is 0.493 e. The lowest BCUT2D eigenvalue weighted by atomic mass is 10.2. The Morgan fingerprint density at radius 3 is 2.67 bits per heavy atom. The van der Waals surface area contributed by atoms with Crippen molar-refractivity contribution < 1.29 is 5.11 Å². The average Bonchev–Trinajstić information content (AvgIpc) is 2.76. The Bertz CT molecular complexity index is 824. The number of halogens is 1. The van der Waals surface area contributed by atoms with Crippen LogP contribution in [0, 0.1) is 0 Å². The molecule has 0 aliphatic rings. The zero-order valence-corrected chi connectivity index (χ0v) is 12.2. The number of hydrogen-bond donors (Lipinski definition) is 1. The first-order chi connectivity index (χ1) is 10.2. The molecule has 4 nitrogen and oxygen atoms in total. The van der Waals surface area contributed by atoms with Crippen molar-refractivity contribution in [2.45, 2.75) is 13.5 Å². The number of hydrogen-bond acceptors (Lipinski definition) is 3. The Labute approximate surface area is 127 Å². The Kier molecular flexibility index (Phi) is 3.62. The van der Waals surface area contributed by atoms with Gasteiger partial charge in [-0.05, 0) is 31.2 Å². The molecule has 0 atom stereocenters. The third-order valence-corrected chi connectivity index (χ3v) is 3.54. The normalized spacial score (nSPS) is 11.5. The van der Waals surface area contributed by atoms with Crippen LogP contribution < -0.4 is 0 Å². The summed E-state index contributed by atoms with van der Waals surface area (Å²) < 4.78 is 1.81. The van der Waals surface area contributed by atoms with Gasteiger partial charge in [-0.25, -0.2) is 0 Å². The molecule has 0 fully saturated rings. The van der Waals surface area contributed by atoms with Gasteiger partial charge in [0.2, 0.25) is 5.88 Å². The molecule has 21 heavy (non-hydrogen) atoms. The fourth-order valence-corrected chi connectivity index (χ4v) is 2.52. The van der Waals surface area contributed by atoms with Crippen molar-refractivity contribution in [3.63, 3.8) is 0 Å². The van der Waals surface area contributed by atoms with Crippen LogP contribution in [0.3, 0.4) is 0 Å². The number of nitrogens with zero attached hydrogens (tertiary/aromatic N) is 3. The van der Waals surface area contributed by atoms with Crippen molar-refractivity contribution in [2.75, 3.05) is 0 Å². The predicted octanol–water partition coefficient (Wildman–Crippen LogP) is 5.44. The Morgan fingerprint density at radius 1 is 1.10 bits per heavy atom. The zero-order valence-electron chi connectivity index (χ0n) is 11.5. The van der Waals surface area contributed by atoms with E-state index in [1.54, 1.807) is 12.1 Å². The highest BCUT2D eigenvalue weighted by Crippen LogP contribution is 2.39. The summed E-state index contributed by atoms with van der Waals surface area (Å²) in [5, 5.41) is 20.2. The number of azo groups is 1. The quantitative estimate of drug-likeness (QED) is 0.644. The monoisotopic (exact) mass is 299 g/mol. The smallest absolute Gasteiger partial charge is 0.220 e. The van der Waals surface area contributed by atoms with E-state index >= 15 is 0 Å². The minimum Gasteiger partial charge on any atom is -0.493 e. The number of benzene rings is 2. The fourth-order valence-electron chi connectivity index (χ4n) is 2.34. The zero-order chi connectivity index (χ0) is 14.8. The first kappa shape index (κ1) is 13.6. The van der Waals surface area contributed by atoms with Gasteiger partial charge in [-0.15, -0.1) is 5.11 Å². The second-order valence-electron chi connectivity index (χ2n) is 4.61. The molecule has 0 amide bonds. The molecule has 5 heteroatoms. The van der Waals surface area contributed by atoms with Crippen LogP contribution in [0.2, 0.25) is 5.02 Å². The maximum atomic E-state index is 10.3. The SMILES string of the molecule is CCn1c(O)c(N=Nc2cccc(Cl)c2)c2ccccc21. The summed E-state index contributed by atoms with van der Waals surface area (Å²) >= 11 is 5.92. The van der Waals surface area contributed by atoms with E-state index in [-0.39, 0.29) is 5.88 Å². The van der Waals surface area contributed by atoms with E-state index < -0.39 is 0 Å². The Morgan fingerprint density at radius 2 is 1.90 bits per heavy atom. The first-order valence-electron chi connectivity index (χ1n) is 6.68. The Balaban J connectivity index is 2.10. The lowest BCUT2D eigenvalue weighted by Crippen LogP contribution is -1.91. The summed E-state index contributed by atoms with van der Waals surface area (Å²) in [4.78, 5) is 0. The fraction of sp³-hybridized carbons (Fsp3) is 0.125. The summed E-state index contributed by atoms with van der Waals surface area (Å²) in [5.41, 5.74) is 2.07. The molecule has 0 unspecified atom stereocenters. The molecule has 1 N–H and O–H groups in total. The summed E-state index contributed by atoms with van der Waals surface area (Å²) in [6.45, 7) is 2.64. The van der Waals surface area contributed by atoms with E-state index in [1.807, 2.05) is 47.9 Å². The molecule has 0 spiro atoms. The van der Waals surface area contributed by atoms with Gasteiger partial charge >= 0.3 is 0 Å². The van der Waals surface area contributed by atoms with Crippen molar-refractivity contribution in [2.24, 2.45) is 10.2 Å². The molecular weight excluding hydrogens is 286 g/mol. The number of rotatable bonds is 3. The number of para-hydroxylation sites is 1. The van der Waals surface area contributed by atoms with Crippen LogP contribution in [0.1, 0.15) is 6.92 Å². The van der Waals surface area contributed by atoms with E-state index in [1.165, 1.54) is 0 Å². The van der Waals surface area contributed by atoms with Gasteiger partial charge in [-0.3, -0.25) is 0 Å². The van der Waals surface area contributed by atoms with E-state index in [4.69, 9.17) is 11.6 Å². The molecule has 0 saturated heterocycles. The van der Waals surface area contributed by atoms with Crippen molar-refractivity contribution in [1.29, 1.82) is 0 Å². The van der Waals surface area contributed by atoms with Crippen molar-refractivity contribution >= 4 is 33.9 Å². The molecule has 1 aromatic heterocycles. The summed E-state index contributed by atoms with van der Waals surface area (Å²) in [7, 11) is 0. The van der Waals surface area contributed by atoms with E-state index in [9.17, 15) is 5.11 Å². The van der Waals surface area contributed by atoms with Crippen molar-refractivity contribution in [3.05, 3.63) is 53.6 Å². The van der Waals surface area contributed by atoms with Crippen LogP contribution in [0.4, 0.5) is 11.4 Å². The molecule has 2 aromatic carbocycles. The minimum atomic E-state index is 0.129. The van der Waals surface area contributed by atoms with Crippen molar-refractivity contribution in [3.8, 4) is 5.88 Å². The average molecular weight is 300 g/mol. The second kappa shape index (κ2) is 5.58. The summed E-state index contributed by atoms with van der Waals surface area (Å²) in [6.07, 6.45) is 0. The van der Waals surface area contributed by atoms with Gasteiger partial charge in [0.25, 0.3) is 0 Å². The Hall–Kier alpha value is -2.33. The highest BCUT2D eigenvalue weighted by Gasteiger charge is 2.14. The van der Waals surface area contributed by atoms with Crippen LogP contribution in [0.5, 0.6) is 5.88 Å². The van der Waals surface area contributed by atoms with Crippen molar-refractivity contribution in [1.82, 2.24) is 4.57 Å². The molecular formula is C16H14ClN3O. The predicted molar refractivity (Wildman–Crippen MR) is 84.9 cm³/mol. The number of aromatic nitrogens is 1. The molecule has 0 aliphatic heterocycles. The van der Waals surface area contributed by atoms with Gasteiger partial charge in [-0.2, -0.15) is 5.11 Å². The molecule has 0 saturated carbocycles. The molecule has 0 bridgehead atoms. The number of fused-ring (bicyclic) bond motifs is 1. The third-order valence-electron chi connectivity index (χ3n) is 3.31. The maximum absolute atomic E-state index is 10.3. The van der Waals surface area contributed by atoms with Gasteiger partial charge in [0, 0.05) is 17.0 Å². The number of aryl methyl sites for hydroxylation is 1. The van der Waals surface area contributed by atoms with E-state index in [2.05, 4.69) is 10.2 Å². The van der Waals surface area contributed by atoms with E-state index in [0.717, 1.165) is 10.9 Å². The minimum absolute atomic E-state index is 0.129. The van der Waals surface area contributed by atoms with Gasteiger partial charge < -0.3 is 9.67 Å². The van der Waals surface area contributed by atoms with Gasteiger partial charge in [-0.1, -0.05) is 35.9 Å². The van der Waals surface area contributed by atoms with Crippen LogP contribution in [0.15, 0.2) is 58.8 Å². The highest BCUT2D eigenvalue weighted by atomic mass is 35.5. The maximum Gasteiger partial charge on any atom is 0.220 e. The molecule has 3 rings (SSSR count). The molecule has 1 heterocycles. The summed E-state index contributed by atoms with van der Waals surface area (Å²) in [5.74, 6) is 0.129. The lowest BCUT2D eigenvalue weighted by molar-refractivity contribution is 0.427. The van der Waals surface area contributed by atoms with Crippen LogP contribution in [-0.4, -0.2) is 9.67 Å². The molecule has 0 radical (unpaired) electrons. The van der Waals surface area contributed by atoms with Crippen LogP contribution >= 0.6 is 11.6 Å². The van der Waals surface area contributed by atoms with Crippen LogP contribution in [-0.2, 0) is 6.54 Å². The summed E-state index contributed by atoms with van der Waals surface area (Å²) in [6, 6.07) is 14.9. The second-order valence-corrected chi connectivity index (χ2v) is 5.05. The highest BCUT2D eigenvalue weighted by molar-refractivity contribution is 6.30.